The van der Waals surface area contributed by atoms with Crippen molar-refractivity contribution in [3.8, 4) is 0 Å². The lowest BCUT2D eigenvalue weighted by atomic mass is 10.1. The Labute approximate surface area is 129 Å². The maximum absolute atomic E-state index is 12.7. The molecule has 8 heteroatoms. The highest BCUT2D eigenvalue weighted by molar-refractivity contribution is 6.09. The maximum Gasteiger partial charge on any atom is 0.416 e. The molecule has 0 atom stereocenters. The molecule has 0 unspecified atom stereocenters. The number of carbonyl (C=O) groups is 2. The second kappa shape index (κ2) is 6.47. The Morgan fingerprint density at radius 1 is 1.17 bits per heavy atom. The number of pyridine rings is 1. The van der Waals surface area contributed by atoms with Gasteiger partial charge in [0.2, 0.25) is 5.91 Å². The zero-order valence-corrected chi connectivity index (χ0v) is 11.7. The molecule has 0 aliphatic rings. The van der Waals surface area contributed by atoms with Crippen molar-refractivity contribution in [2.24, 2.45) is 5.73 Å². The average molecular weight is 323 g/mol. The van der Waals surface area contributed by atoms with Crippen LogP contribution in [0.3, 0.4) is 0 Å². The first-order valence-electron chi connectivity index (χ1n) is 6.48. The predicted octanol–water partition coefficient (Wildman–Crippen LogP) is 2.90. The molecular weight excluding hydrogens is 311 g/mol. The van der Waals surface area contributed by atoms with Gasteiger partial charge in [-0.25, -0.2) is 4.98 Å². The molecule has 0 aliphatic heterocycles. The van der Waals surface area contributed by atoms with Crippen molar-refractivity contribution in [1.29, 1.82) is 0 Å². The third-order valence-electron chi connectivity index (χ3n) is 2.90. The fourth-order valence-corrected chi connectivity index (χ4v) is 1.89. The average Bonchev–Trinajstić information content (AvgIpc) is 2.46. The van der Waals surface area contributed by atoms with Crippen molar-refractivity contribution < 1.29 is 22.8 Å². The Hall–Kier alpha value is -2.90. The second-order valence-electron chi connectivity index (χ2n) is 4.67. The van der Waals surface area contributed by atoms with Crippen LogP contribution < -0.4 is 11.1 Å². The van der Waals surface area contributed by atoms with E-state index in [1.165, 1.54) is 30.5 Å². The van der Waals surface area contributed by atoms with Crippen LogP contribution in [0.5, 0.6) is 0 Å². The molecule has 120 valence electrons. The van der Waals surface area contributed by atoms with Crippen molar-refractivity contribution in [2.45, 2.75) is 12.6 Å². The van der Waals surface area contributed by atoms with Gasteiger partial charge in [0.1, 0.15) is 5.82 Å². The van der Waals surface area contributed by atoms with Crippen molar-refractivity contribution in [3.05, 3.63) is 53.7 Å². The molecule has 0 saturated carbocycles. The Kier molecular flexibility index (Phi) is 4.63. The predicted molar refractivity (Wildman–Crippen MR) is 77.1 cm³/mol. The summed E-state index contributed by atoms with van der Waals surface area (Å²) >= 11 is 0. The number of primary amides is 1. The van der Waals surface area contributed by atoms with Gasteiger partial charge < -0.3 is 11.1 Å². The number of anilines is 2. The Balaban J connectivity index is 2.31. The molecule has 1 aromatic carbocycles. The van der Waals surface area contributed by atoms with Crippen LogP contribution >= 0.6 is 0 Å². The van der Waals surface area contributed by atoms with Crippen LogP contribution in [0, 0.1) is 0 Å². The first kappa shape index (κ1) is 16.5. The highest BCUT2D eigenvalue weighted by atomic mass is 19.4. The van der Waals surface area contributed by atoms with Crippen LogP contribution in [0.4, 0.5) is 24.7 Å². The van der Waals surface area contributed by atoms with Gasteiger partial charge in [-0.15, -0.1) is 0 Å². The van der Waals surface area contributed by atoms with Crippen LogP contribution in [0.15, 0.2) is 42.6 Å². The molecule has 1 aromatic heterocycles. The molecular formula is C15H12F3N3O2. The summed E-state index contributed by atoms with van der Waals surface area (Å²) in [6.45, 7) is 0. The van der Waals surface area contributed by atoms with E-state index in [0.29, 0.717) is 0 Å². The standard InChI is InChI=1S/C15H12F3N3O2/c16-15(17,18)9-3-1-4-10(7-9)21-14-11(5-2-6-20-14)12(22)8-13(19)23/h1-7H,8H2,(H2,19,23)(H,20,21). The number of nitrogens with two attached hydrogens (primary N) is 1. The molecule has 0 bridgehead atoms. The molecule has 2 aromatic rings. The van der Waals surface area contributed by atoms with Crippen molar-refractivity contribution in [3.63, 3.8) is 0 Å². The molecule has 0 fully saturated rings. The number of alkyl halides is 3. The Bertz CT molecular complexity index is 745. The maximum atomic E-state index is 12.7. The highest BCUT2D eigenvalue weighted by Crippen LogP contribution is 2.31. The van der Waals surface area contributed by atoms with Gasteiger partial charge in [0.15, 0.2) is 5.78 Å². The third kappa shape index (κ3) is 4.29. The smallest absolute Gasteiger partial charge is 0.369 e. The summed E-state index contributed by atoms with van der Waals surface area (Å²) in [5.74, 6) is -1.32. The fourth-order valence-electron chi connectivity index (χ4n) is 1.89. The number of hydrogen-bond acceptors (Lipinski definition) is 4. The van der Waals surface area contributed by atoms with Crippen LogP contribution in [0.1, 0.15) is 22.3 Å². The largest absolute Gasteiger partial charge is 0.416 e. The van der Waals surface area contributed by atoms with Gasteiger partial charge in [-0.1, -0.05) is 6.07 Å². The summed E-state index contributed by atoms with van der Waals surface area (Å²) in [6.07, 6.45) is -3.62. The summed E-state index contributed by atoms with van der Waals surface area (Å²) in [4.78, 5) is 26.7. The van der Waals surface area contributed by atoms with E-state index in [0.717, 1.165) is 12.1 Å². The molecule has 0 radical (unpaired) electrons. The molecule has 1 amide bonds. The van der Waals surface area contributed by atoms with E-state index in [1.807, 2.05) is 0 Å². The van der Waals surface area contributed by atoms with E-state index in [9.17, 15) is 22.8 Å². The lowest BCUT2D eigenvalue weighted by molar-refractivity contribution is -0.137. The molecule has 2 rings (SSSR count). The van der Waals surface area contributed by atoms with E-state index in [2.05, 4.69) is 10.3 Å². The topological polar surface area (TPSA) is 85.1 Å². The first-order chi connectivity index (χ1) is 10.8. The van der Waals surface area contributed by atoms with Crippen molar-refractivity contribution in [2.75, 3.05) is 5.32 Å². The number of nitrogens with zero attached hydrogens (tertiary/aromatic N) is 1. The molecule has 1 heterocycles. The number of benzene rings is 1. The lowest BCUT2D eigenvalue weighted by Crippen LogP contribution is -2.17. The van der Waals surface area contributed by atoms with Gasteiger partial charge in [0, 0.05) is 11.9 Å². The molecule has 5 nitrogen and oxygen atoms in total. The summed E-state index contributed by atoms with van der Waals surface area (Å²) in [7, 11) is 0. The van der Waals surface area contributed by atoms with Gasteiger partial charge in [0.05, 0.1) is 17.5 Å². The van der Waals surface area contributed by atoms with Crippen molar-refractivity contribution >= 4 is 23.2 Å². The normalized spacial score (nSPS) is 11.1. The van der Waals surface area contributed by atoms with Crippen LogP contribution in [0.2, 0.25) is 0 Å². The molecule has 23 heavy (non-hydrogen) atoms. The fraction of sp³-hybridized carbons (Fsp3) is 0.133. The van der Waals surface area contributed by atoms with Gasteiger partial charge in [-0.3, -0.25) is 9.59 Å². The van der Waals surface area contributed by atoms with Crippen LogP contribution in [-0.2, 0) is 11.0 Å². The number of amides is 1. The monoisotopic (exact) mass is 323 g/mol. The van der Waals surface area contributed by atoms with Crippen LogP contribution in [0.25, 0.3) is 0 Å². The SMILES string of the molecule is NC(=O)CC(=O)c1cccnc1Nc1cccc(C(F)(F)F)c1. The molecule has 0 spiro atoms. The van der Waals surface area contributed by atoms with Gasteiger partial charge in [-0.05, 0) is 30.3 Å². The number of hydrogen-bond donors (Lipinski definition) is 2. The number of ketones is 1. The number of Topliss-reactive ketones (excluding diaryl/α,β-unsaturated/α-hetero) is 1. The number of nitrogens with one attached hydrogen (secondary N) is 1. The van der Waals surface area contributed by atoms with Crippen LogP contribution in [-0.4, -0.2) is 16.7 Å². The summed E-state index contributed by atoms with van der Waals surface area (Å²) < 4.78 is 38.1. The van der Waals surface area contributed by atoms with Gasteiger partial charge >= 0.3 is 6.18 Å². The van der Waals surface area contributed by atoms with E-state index < -0.39 is 29.9 Å². The number of carbonyl (C=O) groups excluding carboxylic acids is 2. The molecule has 0 aliphatic carbocycles. The van der Waals surface area contributed by atoms with E-state index in [1.54, 1.807) is 0 Å². The highest BCUT2D eigenvalue weighted by Gasteiger charge is 2.30. The third-order valence-corrected chi connectivity index (χ3v) is 2.90. The minimum absolute atomic E-state index is 0.0538. The zero-order valence-electron chi connectivity index (χ0n) is 11.7. The Morgan fingerprint density at radius 3 is 2.57 bits per heavy atom. The zero-order chi connectivity index (χ0) is 17.0. The second-order valence-corrected chi connectivity index (χ2v) is 4.67. The molecule has 0 saturated heterocycles. The van der Waals surface area contributed by atoms with Gasteiger partial charge in [0.25, 0.3) is 0 Å². The first-order valence-corrected chi connectivity index (χ1v) is 6.48. The minimum atomic E-state index is -4.48. The number of rotatable bonds is 5. The lowest BCUT2D eigenvalue weighted by Gasteiger charge is -2.12. The van der Waals surface area contributed by atoms with Crippen molar-refractivity contribution in [1.82, 2.24) is 4.98 Å². The quantitative estimate of drug-likeness (QED) is 0.654. The number of halogens is 3. The summed E-state index contributed by atoms with van der Waals surface area (Å²) in [5.41, 5.74) is 4.34. The number of aromatic nitrogens is 1. The summed E-state index contributed by atoms with van der Waals surface area (Å²) in [6, 6.07) is 7.37. The minimum Gasteiger partial charge on any atom is -0.369 e. The van der Waals surface area contributed by atoms with E-state index in [-0.39, 0.29) is 17.1 Å². The summed E-state index contributed by atoms with van der Waals surface area (Å²) in [5, 5.41) is 2.66. The van der Waals surface area contributed by atoms with E-state index >= 15 is 0 Å². The molecule has 3 N–H and O–H groups in total. The Morgan fingerprint density at radius 2 is 1.91 bits per heavy atom. The van der Waals surface area contributed by atoms with E-state index in [4.69, 9.17) is 5.73 Å². The van der Waals surface area contributed by atoms with Gasteiger partial charge in [-0.2, -0.15) is 13.2 Å².